The van der Waals surface area contributed by atoms with Gasteiger partial charge in [-0.3, -0.25) is 9.59 Å². The van der Waals surface area contributed by atoms with Crippen LogP contribution in [0.2, 0.25) is 0 Å². The normalized spacial score (nSPS) is 19.4. The van der Waals surface area contributed by atoms with Crippen LogP contribution in [0, 0.1) is 5.92 Å². The second kappa shape index (κ2) is 9.82. The maximum absolute atomic E-state index is 12.2. The predicted molar refractivity (Wildman–Crippen MR) is 116 cm³/mol. The molecule has 0 unspecified atom stereocenters. The number of ketones is 2. The number of carbonyl (C=O) groups is 2. The first kappa shape index (κ1) is 20.5. The van der Waals surface area contributed by atoms with Crippen molar-refractivity contribution in [3.05, 3.63) is 59.7 Å². The summed E-state index contributed by atoms with van der Waals surface area (Å²) in [5.41, 5.74) is 4.36. The highest BCUT2D eigenvalue weighted by molar-refractivity contribution is 6.08. The molecule has 0 aromatic heterocycles. The molecule has 0 aliphatic heterocycles. The highest BCUT2D eigenvalue weighted by Crippen LogP contribution is 2.37. The maximum Gasteiger partial charge on any atom is 0.170 e. The molecule has 148 valence electrons. The Kier molecular flexibility index (Phi) is 7.19. The van der Waals surface area contributed by atoms with Crippen LogP contribution in [0.25, 0.3) is 11.1 Å². The molecule has 0 atom stereocenters. The topological polar surface area (TPSA) is 34.1 Å². The highest BCUT2D eigenvalue weighted by atomic mass is 16.1. The van der Waals surface area contributed by atoms with Gasteiger partial charge >= 0.3 is 0 Å². The monoisotopic (exact) mass is 376 g/mol. The molecule has 2 aromatic carbocycles. The first-order valence-corrected chi connectivity index (χ1v) is 10.9. The van der Waals surface area contributed by atoms with Crippen LogP contribution in [0.3, 0.4) is 0 Å². The molecule has 0 radical (unpaired) electrons. The SMILES string of the molecule is CCCC(=O)CC(=O)c1ccc(-c2ccc(C3CCC(CC)CC3)cc2)cc1. The van der Waals surface area contributed by atoms with Crippen LogP contribution in [0.1, 0.15) is 87.1 Å². The van der Waals surface area contributed by atoms with Crippen LogP contribution in [0.4, 0.5) is 0 Å². The van der Waals surface area contributed by atoms with Crippen LogP contribution in [-0.2, 0) is 4.79 Å². The highest BCUT2D eigenvalue weighted by Gasteiger charge is 2.21. The van der Waals surface area contributed by atoms with E-state index in [2.05, 4.69) is 31.2 Å². The molecule has 3 rings (SSSR count). The molecule has 0 amide bonds. The zero-order chi connectivity index (χ0) is 19.9. The minimum absolute atomic E-state index is 0.0160. The fraction of sp³-hybridized carbons (Fsp3) is 0.462. The third-order valence-corrected chi connectivity index (χ3v) is 6.23. The molecule has 1 saturated carbocycles. The first-order valence-electron chi connectivity index (χ1n) is 10.9. The van der Waals surface area contributed by atoms with Gasteiger partial charge in [-0.25, -0.2) is 0 Å². The number of rotatable bonds is 8. The van der Waals surface area contributed by atoms with Crippen LogP contribution >= 0.6 is 0 Å². The van der Waals surface area contributed by atoms with Gasteiger partial charge in [0.25, 0.3) is 0 Å². The van der Waals surface area contributed by atoms with Crippen molar-refractivity contribution in [3.63, 3.8) is 0 Å². The van der Waals surface area contributed by atoms with Gasteiger partial charge < -0.3 is 0 Å². The number of hydrogen-bond donors (Lipinski definition) is 0. The summed E-state index contributed by atoms with van der Waals surface area (Å²) >= 11 is 0. The summed E-state index contributed by atoms with van der Waals surface area (Å²) < 4.78 is 0. The van der Waals surface area contributed by atoms with Gasteiger partial charge in [-0.15, -0.1) is 0 Å². The zero-order valence-corrected chi connectivity index (χ0v) is 17.2. The van der Waals surface area contributed by atoms with E-state index in [9.17, 15) is 9.59 Å². The van der Waals surface area contributed by atoms with E-state index in [4.69, 9.17) is 0 Å². The second-order valence-electron chi connectivity index (χ2n) is 8.21. The minimum atomic E-state index is -0.0805. The Bertz CT molecular complexity index is 778. The molecule has 1 fully saturated rings. The summed E-state index contributed by atoms with van der Waals surface area (Å²) in [7, 11) is 0. The third-order valence-electron chi connectivity index (χ3n) is 6.23. The number of carbonyl (C=O) groups excluding carboxylic acids is 2. The molecule has 0 spiro atoms. The number of hydrogen-bond acceptors (Lipinski definition) is 2. The molecule has 0 bridgehead atoms. The Morgan fingerprint density at radius 3 is 1.93 bits per heavy atom. The Hall–Kier alpha value is -2.22. The smallest absolute Gasteiger partial charge is 0.170 e. The molecule has 2 heteroatoms. The molecule has 0 heterocycles. The zero-order valence-electron chi connectivity index (χ0n) is 17.2. The summed E-state index contributed by atoms with van der Waals surface area (Å²) in [6.45, 7) is 4.26. The van der Waals surface area contributed by atoms with Crippen molar-refractivity contribution in [1.29, 1.82) is 0 Å². The van der Waals surface area contributed by atoms with E-state index >= 15 is 0 Å². The molecule has 2 nitrogen and oxygen atoms in total. The third kappa shape index (κ3) is 5.19. The van der Waals surface area contributed by atoms with Crippen LogP contribution in [0.5, 0.6) is 0 Å². The maximum atomic E-state index is 12.2. The van der Waals surface area contributed by atoms with Gasteiger partial charge in [0.15, 0.2) is 5.78 Å². The van der Waals surface area contributed by atoms with Gasteiger partial charge in [0.1, 0.15) is 5.78 Å². The Morgan fingerprint density at radius 1 is 0.821 bits per heavy atom. The minimum Gasteiger partial charge on any atom is -0.299 e. The molecule has 1 aliphatic rings. The largest absolute Gasteiger partial charge is 0.299 e. The summed E-state index contributed by atoms with van der Waals surface area (Å²) in [6, 6.07) is 16.6. The summed E-state index contributed by atoms with van der Waals surface area (Å²) in [4.78, 5) is 23.9. The van der Waals surface area contributed by atoms with Crippen LogP contribution in [-0.4, -0.2) is 11.6 Å². The lowest BCUT2D eigenvalue weighted by Crippen LogP contribution is -2.12. The standard InChI is InChI=1S/C26H32O2/c1-3-5-25(27)18-26(28)24-16-14-23(15-17-24)22-12-10-21(11-13-22)20-8-6-19(4-2)7-9-20/h10-17,19-20H,3-9,18H2,1-2H3. The van der Waals surface area contributed by atoms with E-state index in [1.165, 1.54) is 43.2 Å². The van der Waals surface area contributed by atoms with Crippen molar-refractivity contribution < 1.29 is 9.59 Å². The van der Waals surface area contributed by atoms with E-state index in [1.807, 2.05) is 31.2 Å². The molecular formula is C26H32O2. The summed E-state index contributed by atoms with van der Waals surface area (Å²) in [5, 5.41) is 0. The Morgan fingerprint density at radius 2 is 1.39 bits per heavy atom. The van der Waals surface area contributed by atoms with E-state index in [1.54, 1.807) is 0 Å². The van der Waals surface area contributed by atoms with Crippen LogP contribution < -0.4 is 0 Å². The number of benzene rings is 2. The van der Waals surface area contributed by atoms with Gasteiger partial charge in [0, 0.05) is 12.0 Å². The van der Waals surface area contributed by atoms with E-state index in [0.29, 0.717) is 17.9 Å². The van der Waals surface area contributed by atoms with E-state index < -0.39 is 0 Å². The average molecular weight is 377 g/mol. The van der Waals surface area contributed by atoms with Crippen molar-refractivity contribution in [3.8, 4) is 11.1 Å². The average Bonchev–Trinajstić information content (AvgIpc) is 2.74. The van der Waals surface area contributed by atoms with E-state index in [0.717, 1.165) is 17.9 Å². The fourth-order valence-corrected chi connectivity index (χ4v) is 4.35. The molecule has 0 saturated heterocycles. The lowest BCUT2D eigenvalue weighted by molar-refractivity contribution is -0.118. The van der Waals surface area contributed by atoms with E-state index in [-0.39, 0.29) is 18.0 Å². The lowest BCUT2D eigenvalue weighted by atomic mass is 9.77. The Labute approximate surface area is 169 Å². The first-order chi connectivity index (χ1) is 13.6. The van der Waals surface area contributed by atoms with Gasteiger partial charge in [-0.2, -0.15) is 0 Å². The second-order valence-corrected chi connectivity index (χ2v) is 8.21. The predicted octanol–water partition coefficient (Wildman–Crippen LogP) is 6.98. The van der Waals surface area contributed by atoms with Crippen molar-refractivity contribution in [2.45, 2.75) is 71.1 Å². The van der Waals surface area contributed by atoms with Crippen molar-refractivity contribution >= 4 is 11.6 Å². The molecule has 0 N–H and O–H groups in total. The lowest BCUT2D eigenvalue weighted by Gasteiger charge is -2.28. The van der Waals surface area contributed by atoms with Gasteiger partial charge in [0.2, 0.25) is 0 Å². The number of Topliss-reactive ketones (excluding diaryl/α,β-unsaturated/α-hetero) is 2. The fourth-order valence-electron chi connectivity index (χ4n) is 4.35. The van der Waals surface area contributed by atoms with Gasteiger partial charge in [-0.05, 0) is 60.6 Å². The van der Waals surface area contributed by atoms with Crippen LogP contribution in [0.15, 0.2) is 48.5 Å². The quantitative estimate of drug-likeness (QED) is 0.368. The van der Waals surface area contributed by atoms with Crippen molar-refractivity contribution in [2.75, 3.05) is 0 Å². The Balaban J connectivity index is 1.62. The molecule has 1 aliphatic carbocycles. The van der Waals surface area contributed by atoms with Crippen molar-refractivity contribution in [2.24, 2.45) is 5.92 Å². The summed E-state index contributed by atoms with van der Waals surface area (Å²) in [6.07, 6.45) is 7.95. The summed E-state index contributed by atoms with van der Waals surface area (Å²) in [5.74, 6) is 1.58. The van der Waals surface area contributed by atoms with Gasteiger partial charge in [0.05, 0.1) is 6.42 Å². The molecule has 2 aromatic rings. The van der Waals surface area contributed by atoms with Gasteiger partial charge in [-0.1, -0.05) is 68.8 Å². The van der Waals surface area contributed by atoms with Crippen molar-refractivity contribution in [1.82, 2.24) is 0 Å². The molecule has 28 heavy (non-hydrogen) atoms. The molecular weight excluding hydrogens is 344 g/mol.